The van der Waals surface area contributed by atoms with Crippen LogP contribution in [-0.2, 0) is 14.3 Å². The molecule has 3 rings (SSSR count). The zero-order valence-corrected chi connectivity index (χ0v) is 18.2. The molecule has 1 atom stereocenters. The van der Waals surface area contributed by atoms with Crippen LogP contribution < -0.4 is 5.32 Å². The molecular weight excluding hydrogens is 434 g/mol. The number of thioether (sulfide) groups is 1. The number of carboxylic acids is 1. The summed E-state index contributed by atoms with van der Waals surface area (Å²) in [6, 6.07) is 12.2. The molecule has 0 aliphatic carbocycles. The molecule has 1 heterocycles. The molecule has 32 heavy (non-hydrogen) atoms. The summed E-state index contributed by atoms with van der Waals surface area (Å²) < 4.78 is 4.95. The quantitative estimate of drug-likeness (QED) is 0.641. The molecule has 2 aromatic rings. The van der Waals surface area contributed by atoms with Gasteiger partial charge in [0.1, 0.15) is 5.25 Å². The van der Waals surface area contributed by atoms with Crippen LogP contribution in [0.15, 0.2) is 53.5 Å². The Balaban J connectivity index is 1.72. The van der Waals surface area contributed by atoms with Gasteiger partial charge in [-0.05, 0) is 55.5 Å². The van der Waals surface area contributed by atoms with E-state index in [1.165, 1.54) is 29.2 Å². The van der Waals surface area contributed by atoms with Gasteiger partial charge in [-0.3, -0.25) is 14.5 Å². The Morgan fingerprint density at radius 2 is 1.75 bits per heavy atom. The van der Waals surface area contributed by atoms with Crippen molar-refractivity contribution in [1.29, 1.82) is 0 Å². The van der Waals surface area contributed by atoms with Gasteiger partial charge in [0.2, 0.25) is 11.8 Å². The van der Waals surface area contributed by atoms with Crippen molar-refractivity contribution in [3.8, 4) is 0 Å². The van der Waals surface area contributed by atoms with Gasteiger partial charge in [-0.15, -0.1) is 0 Å². The van der Waals surface area contributed by atoms with Gasteiger partial charge in [0.25, 0.3) is 0 Å². The number of carbonyl (C=O) groups is 4. The minimum atomic E-state index is -1.06. The molecule has 2 N–H and O–H groups in total. The fourth-order valence-corrected chi connectivity index (χ4v) is 3.88. The van der Waals surface area contributed by atoms with Crippen molar-refractivity contribution in [2.75, 3.05) is 19.0 Å². The summed E-state index contributed by atoms with van der Waals surface area (Å²) >= 11 is 1.15. The highest BCUT2D eigenvalue weighted by Gasteiger charge is 2.34. The molecule has 1 unspecified atom stereocenters. The third kappa shape index (κ3) is 5.52. The molecule has 1 aliphatic rings. The van der Waals surface area contributed by atoms with Gasteiger partial charge in [-0.2, -0.15) is 0 Å². The summed E-state index contributed by atoms with van der Waals surface area (Å²) in [5.41, 5.74) is 1.45. The molecular formula is C22H21N3O6S. The zero-order chi connectivity index (χ0) is 23.3. The van der Waals surface area contributed by atoms with Crippen molar-refractivity contribution in [3.05, 3.63) is 59.7 Å². The summed E-state index contributed by atoms with van der Waals surface area (Å²) in [6.07, 6.45) is 0.00102. The van der Waals surface area contributed by atoms with Crippen molar-refractivity contribution >= 4 is 52.1 Å². The van der Waals surface area contributed by atoms with Gasteiger partial charge >= 0.3 is 11.9 Å². The number of amides is 2. The predicted octanol–water partition coefficient (Wildman–Crippen LogP) is 3.15. The van der Waals surface area contributed by atoms with Crippen LogP contribution in [0.3, 0.4) is 0 Å². The monoisotopic (exact) mass is 455 g/mol. The number of aromatic carboxylic acids is 1. The number of esters is 1. The molecule has 166 valence electrons. The molecule has 0 aromatic heterocycles. The largest absolute Gasteiger partial charge is 0.478 e. The summed E-state index contributed by atoms with van der Waals surface area (Å²) in [4.78, 5) is 53.7. The second-order valence-corrected chi connectivity index (χ2v) is 7.97. The number of benzene rings is 2. The number of nitrogens with zero attached hydrogens (tertiary/aromatic N) is 2. The Morgan fingerprint density at radius 3 is 2.34 bits per heavy atom. The minimum absolute atomic E-state index is 0.00102. The van der Waals surface area contributed by atoms with Crippen LogP contribution in [-0.4, -0.2) is 57.8 Å². The van der Waals surface area contributed by atoms with Crippen molar-refractivity contribution in [1.82, 2.24) is 4.90 Å². The van der Waals surface area contributed by atoms with Crippen LogP contribution in [0, 0.1) is 0 Å². The van der Waals surface area contributed by atoms with Crippen molar-refractivity contribution < 1.29 is 29.0 Å². The van der Waals surface area contributed by atoms with Crippen molar-refractivity contribution in [2.24, 2.45) is 4.99 Å². The lowest BCUT2D eigenvalue weighted by atomic mass is 10.2. The average Bonchev–Trinajstić information content (AvgIpc) is 2.77. The number of hydrogen-bond acceptors (Lipinski definition) is 7. The molecule has 10 heteroatoms. The second kappa shape index (κ2) is 10.1. The summed E-state index contributed by atoms with van der Waals surface area (Å²) in [5, 5.41) is 11.3. The Bertz CT molecular complexity index is 1070. The number of hydrogen-bond donors (Lipinski definition) is 2. The Kier molecular flexibility index (Phi) is 7.26. The lowest BCUT2D eigenvalue weighted by Gasteiger charge is -2.28. The van der Waals surface area contributed by atoms with E-state index in [0.717, 1.165) is 11.8 Å². The predicted molar refractivity (Wildman–Crippen MR) is 120 cm³/mol. The molecule has 2 amide bonds. The number of ether oxygens (including phenoxy) is 1. The van der Waals surface area contributed by atoms with Crippen LogP contribution in [0.5, 0.6) is 0 Å². The van der Waals surface area contributed by atoms with Crippen LogP contribution >= 0.6 is 11.8 Å². The Morgan fingerprint density at radius 1 is 1.12 bits per heavy atom. The van der Waals surface area contributed by atoms with Gasteiger partial charge in [-0.25, -0.2) is 14.6 Å². The molecule has 1 fully saturated rings. The van der Waals surface area contributed by atoms with Gasteiger partial charge in [-0.1, -0.05) is 11.8 Å². The van der Waals surface area contributed by atoms with E-state index in [0.29, 0.717) is 22.1 Å². The maximum Gasteiger partial charge on any atom is 0.338 e. The first-order valence-electron chi connectivity index (χ1n) is 9.71. The summed E-state index contributed by atoms with van der Waals surface area (Å²) in [7, 11) is 1.58. The minimum Gasteiger partial charge on any atom is -0.478 e. The van der Waals surface area contributed by atoms with Gasteiger partial charge in [0.05, 0.1) is 23.4 Å². The molecule has 0 bridgehead atoms. The van der Waals surface area contributed by atoms with E-state index >= 15 is 0 Å². The highest BCUT2D eigenvalue weighted by Crippen LogP contribution is 2.29. The fourth-order valence-electron chi connectivity index (χ4n) is 2.81. The fraction of sp³-hybridized carbons (Fsp3) is 0.227. The average molecular weight is 455 g/mol. The smallest absolute Gasteiger partial charge is 0.338 e. The number of carboxylic acid groups (broad SMARTS) is 1. The number of amidine groups is 1. The highest BCUT2D eigenvalue weighted by molar-refractivity contribution is 8.15. The molecule has 2 aromatic carbocycles. The molecule has 0 radical (unpaired) electrons. The van der Waals surface area contributed by atoms with E-state index in [-0.39, 0.29) is 30.4 Å². The Labute approximate surface area is 188 Å². The van der Waals surface area contributed by atoms with E-state index in [2.05, 4.69) is 10.3 Å². The van der Waals surface area contributed by atoms with Gasteiger partial charge in [0.15, 0.2) is 5.17 Å². The number of anilines is 1. The first-order chi connectivity index (χ1) is 15.3. The number of rotatable bonds is 6. The number of nitrogens with one attached hydrogen (secondary N) is 1. The van der Waals surface area contributed by atoms with E-state index in [4.69, 9.17) is 9.84 Å². The third-order valence-electron chi connectivity index (χ3n) is 4.56. The summed E-state index contributed by atoms with van der Waals surface area (Å²) in [6.45, 7) is 2.00. The molecule has 9 nitrogen and oxygen atoms in total. The van der Waals surface area contributed by atoms with E-state index < -0.39 is 17.2 Å². The van der Waals surface area contributed by atoms with Crippen LogP contribution in [0.25, 0.3) is 0 Å². The van der Waals surface area contributed by atoms with Gasteiger partial charge < -0.3 is 15.2 Å². The van der Waals surface area contributed by atoms with E-state index in [9.17, 15) is 19.2 Å². The van der Waals surface area contributed by atoms with Crippen LogP contribution in [0.1, 0.15) is 34.1 Å². The molecule has 0 saturated carbocycles. The SMILES string of the molecule is CCOC(=O)c1ccc(N=C2SC(C(=O)Nc3ccc(C(=O)O)cc3)CC(=O)N2C)cc1. The number of carbonyl (C=O) groups excluding carboxylic acids is 3. The first kappa shape index (κ1) is 23.0. The highest BCUT2D eigenvalue weighted by atomic mass is 32.2. The molecule has 1 aliphatic heterocycles. The second-order valence-electron chi connectivity index (χ2n) is 6.80. The lowest BCUT2D eigenvalue weighted by Crippen LogP contribution is -2.43. The summed E-state index contributed by atoms with van der Waals surface area (Å²) in [5.74, 6) is -2.13. The molecule has 1 saturated heterocycles. The van der Waals surface area contributed by atoms with Gasteiger partial charge in [0, 0.05) is 19.2 Å². The first-order valence-corrected chi connectivity index (χ1v) is 10.6. The topological polar surface area (TPSA) is 125 Å². The Hall–Kier alpha value is -3.66. The molecule has 0 spiro atoms. The van der Waals surface area contributed by atoms with E-state index in [1.54, 1.807) is 38.2 Å². The van der Waals surface area contributed by atoms with Crippen molar-refractivity contribution in [3.63, 3.8) is 0 Å². The maximum atomic E-state index is 12.7. The van der Waals surface area contributed by atoms with Crippen LogP contribution in [0.2, 0.25) is 0 Å². The van der Waals surface area contributed by atoms with Crippen molar-refractivity contribution in [2.45, 2.75) is 18.6 Å². The lowest BCUT2D eigenvalue weighted by molar-refractivity contribution is -0.128. The third-order valence-corrected chi connectivity index (χ3v) is 5.80. The standard InChI is InChI=1S/C22H21N3O6S/c1-3-31-21(30)14-6-10-16(11-7-14)24-22-25(2)18(26)12-17(32-22)19(27)23-15-8-4-13(5-9-15)20(28)29/h4-11,17H,3,12H2,1-2H3,(H,23,27)(H,28,29). The maximum absolute atomic E-state index is 12.7. The van der Waals surface area contributed by atoms with E-state index in [1.807, 2.05) is 0 Å². The zero-order valence-electron chi connectivity index (χ0n) is 17.4. The van der Waals surface area contributed by atoms with Crippen LogP contribution in [0.4, 0.5) is 11.4 Å². The normalized spacial score (nSPS) is 17.2. The number of aliphatic imine (C=N–C) groups is 1.